The molecule has 0 bridgehead atoms. The first kappa shape index (κ1) is 17.3. The molecule has 1 aromatic rings. The van der Waals surface area contributed by atoms with E-state index in [0.29, 0.717) is 32.1 Å². The number of hydrogen-bond donors (Lipinski definition) is 0. The van der Waals surface area contributed by atoms with Crippen LogP contribution < -0.4 is 0 Å². The molecule has 1 heterocycles. The highest BCUT2D eigenvalue weighted by Gasteiger charge is 2.32. The van der Waals surface area contributed by atoms with Crippen LogP contribution in [0.5, 0.6) is 0 Å². The van der Waals surface area contributed by atoms with Crippen LogP contribution in [0.1, 0.15) is 31.7 Å². The van der Waals surface area contributed by atoms with Crippen molar-refractivity contribution >= 4 is 23.6 Å². The molecule has 130 valence electrons. The second-order valence-electron chi connectivity index (χ2n) is 6.85. The van der Waals surface area contributed by atoms with Crippen LogP contribution in [0.4, 0.5) is 0 Å². The highest BCUT2D eigenvalue weighted by Crippen LogP contribution is 2.29. The van der Waals surface area contributed by atoms with Gasteiger partial charge in [-0.3, -0.25) is 9.59 Å². The van der Waals surface area contributed by atoms with Crippen molar-refractivity contribution in [3.05, 3.63) is 29.8 Å². The molecule has 4 nitrogen and oxygen atoms in total. The van der Waals surface area contributed by atoms with E-state index in [-0.39, 0.29) is 17.1 Å². The largest absolute Gasteiger partial charge is 0.339 e. The monoisotopic (exact) mass is 346 g/mol. The number of piperazine rings is 1. The van der Waals surface area contributed by atoms with Crippen molar-refractivity contribution in [2.75, 3.05) is 26.2 Å². The van der Waals surface area contributed by atoms with Crippen LogP contribution >= 0.6 is 11.8 Å². The van der Waals surface area contributed by atoms with Crippen molar-refractivity contribution in [3.8, 4) is 0 Å². The number of benzene rings is 1. The van der Waals surface area contributed by atoms with Gasteiger partial charge in [-0.1, -0.05) is 24.1 Å². The summed E-state index contributed by atoms with van der Waals surface area (Å²) in [5.41, 5.74) is 1.23. The van der Waals surface area contributed by atoms with Crippen molar-refractivity contribution in [2.24, 2.45) is 5.92 Å². The number of nitrogens with zero attached hydrogens (tertiary/aromatic N) is 2. The van der Waals surface area contributed by atoms with Gasteiger partial charge in [-0.05, 0) is 38.8 Å². The number of hydrogen-bond acceptors (Lipinski definition) is 3. The summed E-state index contributed by atoms with van der Waals surface area (Å²) in [5.74, 6) is 0.731. The number of rotatable bonds is 4. The summed E-state index contributed by atoms with van der Waals surface area (Å²) >= 11 is 1.61. The van der Waals surface area contributed by atoms with E-state index in [0.717, 1.165) is 17.7 Å². The first-order chi connectivity index (χ1) is 11.5. The molecule has 0 spiro atoms. The standard InChI is InChI=1S/C19H26N2O2S/c1-14-6-8-17(9-7-14)24-15(2)18(22)20-10-12-21(13-11-20)19(23)16-4-3-5-16/h6-9,15-16H,3-5,10-13H2,1-2H3. The van der Waals surface area contributed by atoms with Gasteiger partial charge < -0.3 is 9.80 Å². The minimum absolute atomic E-state index is 0.0958. The molecule has 1 saturated carbocycles. The molecule has 3 rings (SSSR count). The quantitative estimate of drug-likeness (QED) is 0.787. The third-order valence-corrected chi connectivity index (χ3v) is 6.14. The lowest BCUT2D eigenvalue weighted by atomic mass is 9.84. The van der Waals surface area contributed by atoms with E-state index in [1.165, 1.54) is 12.0 Å². The zero-order valence-corrected chi connectivity index (χ0v) is 15.3. The third-order valence-electron chi connectivity index (χ3n) is 5.04. The summed E-state index contributed by atoms with van der Waals surface area (Å²) in [6, 6.07) is 8.28. The summed E-state index contributed by atoms with van der Waals surface area (Å²) in [5, 5.41) is -0.0958. The molecular weight excluding hydrogens is 320 g/mol. The van der Waals surface area contributed by atoms with Crippen LogP contribution in [0.2, 0.25) is 0 Å². The maximum absolute atomic E-state index is 12.6. The topological polar surface area (TPSA) is 40.6 Å². The number of aryl methyl sites for hydroxylation is 1. The third kappa shape index (κ3) is 3.94. The Morgan fingerprint density at radius 2 is 1.62 bits per heavy atom. The van der Waals surface area contributed by atoms with Crippen LogP contribution in [0.3, 0.4) is 0 Å². The summed E-state index contributed by atoms with van der Waals surface area (Å²) in [6.45, 7) is 6.73. The predicted molar refractivity (Wildman–Crippen MR) is 97.0 cm³/mol. The minimum Gasteiger partial charge on any atom is -0.339 e. The Morgan fingerprint density at radius 3 is 2.17 bits per heavy atom. The van der Waals surface area contributed by atoms with Gasteiger partial charge >= 0.3 is 0 Å². The Balaban J connectivity index is 1.48. The Kier molecular flexibility index (Phi) is 5.49. The van der Waals surface area contributed by atoms with E-state index >= 15 is 0 Å². The fourth-order valence-electron chi connectivity index (χ4n) is 3.19. The van der Waals surface area contributed by atoms with Gasteiger partial charge in [0.1, 0.15) is 0 Å². The Labute approximate surface area is 148 Å². The van der Waals surface area contributed by atoms with Gasteiger partial charge in [0.25, 0.3) is 0 Å². The van der Waals surface area contributed by atoms with E-state index in [2.05, 4.69) is 31.2 Å². The average molecular weight is 346 g/mol. The van der Waals surface area contributed by atoms with Crippen molar-refractivity contribution in [2.45, 2.75) is 43.3 Å². The Morgan fingerprint density at radius 1 is 1.04 bits per heavy atom. The Hall–Kier alpha value is -1.49. The lowest BCUT2D eigenvalue weighted by molar-refractivity contribution is -0.143. The lowest BCUT2D eigenvalue weighted by Gasteiger charge is -2.38. The summed E-state index contributed by atoms with van der Waals surface area (Å²) in [6.07, 6.45) is 3.27. The molecule has 2 aliphatic rings. The number of carbonyl (C=O) groups is 2. The zero-order valence-electron chi connectivity index (χ0n) is 14.5. The number of amides is 2. The minimum atomic E-state index is -0.0958. The van der Waals surface area contributed by atoms with Gasteiger partial charge in [0.2, 0.25) is 11.8 Å². The lowest BCUT2D eigenvalue weighted by Crippen LogP contribution is -2.53. The van der Waals surface area contributed by atoms with Crippen LogP contribution in [0.15, 0.2) is 29.2 Å². The van der Waals surface area contributed by atoms with Gasteiger partial charge in [0, 0.05) is 37.0 Å². The van der Waals surface area contributed by atoms with Gasteiger partial charge in [-0.2, -0.15) is 0 Å². The SMILES string of the molecule is Cc1ccc(SC(C)C(=O)N2CCN(C(=O)C3CCC3)CC2)cc1. The maximum atomic E-state index is 12.6. The molecule has 1 aliphatic carbocycles. The molecule has 1 aliphatic heterocycles. The molecule has 5 heteroatoms. The molecule has 0 radical (unpaired) electrons. The smallest absolute Gasteiger partial charge is 0.235 e. The average Bonchev–Trinajstić information content (AvgIpc) is 2.55. The molecule has 1 aromatic carbocycles. The Bertz CT molecular complexity index is 590. The molecule has 0 N–H and O–H groups in total. The highest BCUT2D eigenvalue weighted by molar-refractivity contribution is 8.00. The van der Waals surface area contributed by atoms with Crippen LogP contribution in [0.25, 0.3) is 0 Å². The molecule has 1 unspecified atom stereocenters. The molecule has 0 aromatic heterocycles. The van der Waals surface area contributed by atoms with Crippen LogP contribution in [-0.2, 0) is 9.59 Å². The van der Waals surface area contributed by atoms with Crippen molar-refractivity contribution in [1.29, 1.82) is 0 Å². The number of thioether (sulfide) groups is 1. The van der Waals surface area contributed by atoms with E-state index in [9.17, 15) is 9.59 Å². The van der Waals surface area contributed by atoms with Gasteiger partial charge in [0.15, 0.2) is 0 Å². The summed E-state index contributed by atoms with van der Waals surface area (Å²) in [4.78, 5) is 29.9. The molecule has 2 amide bonds. The maximum Gasteiger partial charge on any atom is 0.235 e. The van der Waals surface area contributed by atoms with Gasteiger partial charge in [0.05, 0.1) is 5.25 Å². The first-order valence-electron chi connectivity index (χ1n) is 8.85. The van der Waals surface area contributed by atoms with Crippen molar-refractivity contribution < 1.29 is 9.59 Å². The highest BCUT2D eigenvalue weighted by atomic mass is 32.2. The summed E-state index contributed by atoms with van der Waals surface area (Å²) in [7, 11) is 0. The summed E-state index contributed by atoms with van der Waals surface area (Å²) < 4.78 is 0. The molecule has 24 heavy (non-hydrogen) atoms. The normalized spacial score (nSPS) is 19.8. The van der Waals surface area contributed by atoms with E-state index in [4.69, 9.17) is 0 Å². The fourth-order valence-corrected chi connectivity index (χ4v) is 4.14. The zero-order chi connectivity index (χ0) is 17.1. The van der Waals surface area contributed by atoms with Gasteiger partial charge in [-0.15, -0.1) is 11.8 Å². The fraction of sp³-hybridized carbons (Fsp3) is 0.579. The molecule has 1 atom stereocenters. The molecule has 2 fully saturated rings. The van der Waals surface area contributed by atoms with Crippen molar-refractivity contribution in [1.82, 2.24) is 9.80 Å². The van der Waals surface area contributed by atoms with E-state index < -0.39 is 0 Å². The predicted octanol–water partition coefficient (Wildman–Crippen LogP) is 2.95. The van der Waals surface area contributed by atoms with Crippen LogP contribution in [-0.4, -0.2) is 53.0 Å². The second kappa shape index (κ2) is 7.60. The second-order valence-corrected chi connectivity index (χ2v) is 8.27. The number of carbonyl (C=O) groups excluding carboxylic acids is 2. The molecular formula is C19H26N2O2S. The van der Waals surface area contributed by atoms with E-state index in [1.807, 2.05) is 16.7 Å². The van der Waals surface area contributed by atoms with Crippen molar-refractivity contribution in [3.63, 3.8) is 0 Å². The van der Waals surface area contributed by atoms with E-state index in [1.54, 1.807) is 11.8 Å². The molecule has 1 saturated heterocycles. The first-order valence-corrected chi connectivity index (χ1v) is 9.73. The van der Waals surface area contributed by atoms with Gasteiger partial charge in [-0.25, -0.2) is 0 Å². The van der Waals surface area contributed by atoms with Crippen LogP contribution in [0, 0.1) is 12.8 Å².